The molecule has 0 radical (unpaired) electrons. The fourth-order valence-corrected chi connectivity index (χ4v) is 14.2. The summed E-state index contributed by atoms with van der Waals surface area (Å²) in [5.74, 6) is 1.36. The number of piperazine rings is 2. The van der Waals surface area contributed by atoms with Gasteiger partial charge in [-0.25, -0.2) is 8.78 Å². The maximum Gasteiger partial charge on any atom is 0.319 e. The summed E-state index contributed by atoms with van der Waals surface area (Å²) >= 11 is 0. The molecular weight excluding hydrogens is 957 g/mol. The lowest BCUT2D eigenvalue weighted by Crippen LogP contribution is -2.53. The van der Waals surface area contributed by atoms with Gasteiger partial charge < -0.3 is 34.8 Å². The van der Waals surface area contributed by atoms with Crippen LogP contribution in [0.2, 0.25) is 0 Å². The SMILES string of the molecule is C#Cc1c(F)ccc2cc(O)cc(-c3ncc4c(N5CC6CCC(C5)N6)nc(OC[C@]56CCCN5[C@H](CN5CCN(CC7CCN(c8ccc9c(c8)CN(C8CCC(=O)NC8=O)C9=O)CC7)CC5)CC6)nc4c3F)c12. The zero-order chi connectivity index (χ0) is 51.1. The molecule has 0 aliphatic carbocycles. The molecule has 2 bridgehead atoms. The molecular formula is C57H63F2N11O5. The lowest BCUT2D eigenvalue weighted by molar-refractivity contribution is -0.136. The number of pyridine rings is 1. The molecule has 75 heavy (non-hydrogen) atoms. The van der Waals surface area contributed by atoms with Gasteiger partial charge in [-0.3, -0.25) is 34.5 Å². The first-order valence-corrected chi connectivity index (χ1v) is 27.1. The molecule has 7 fully saturated rings. The molecule has 8 aliphatic rings. The number of fused-ring (bicyclic) bond motifs is 6. The van der Waals surface area contributed by atoms with E-state index in [2.05, 4.69) is 52.1 Å². The van der Waals surface area contributed by atoms with Crippen molar-refractivity contribution in [3.63, 3.8) is 0 Å². The molecule has 13 rings (SSSR count). The topological polar surface area (TPSA) is 163 Å². The van der Waals surface area contributed by atoms with Crippen LogP contribution in [0, 0.1) is 29.9 Å². The van der Waals surface area contributed by atoms with E-state index >= 15 is 8.78 Å². The Labute approximate surface area is 434 Å². The normalized spacial score (nSPS) is 26.6. The molecule has 390 valence electrons. The second-order valence-electron chi connectivity index (χ2n) is 22.5. The summed E-state index contributed by atoms with van der Waals surface area (Å²) in [7, 11) is 0. The molecule has 2 aromatic heterocycles. The second kappa shape index (κ2) is 19.2. The van der Waals surface area contributed by atoms with Crippen molar-refractivity contribution in [1.82, 2.24) is 45.2 Å². The number of piperidine rings is 2. The minimum Gasteiger partial charge on any atom is -0.508 e. The lowest BCUT2D eigenvalue weighted by Gasteiger charge is -2.41. The number of hydrogen-bond donors (Lipinski definition) is 3. The van der Waals surface area contributed by atoms with E-state index in [1.54, 1.807) is 11.1 Å². The number of nitrogens with one attached hydrogen (secondary N) is 2. The van der Waals surface area contributed by atoms with Crippen LogP contribution >= 0.6 is 0 Å². The molecule has 3 aromatic carbocycles. The average Bonchev–Trinajstić information content (AvgIpc) is 4.20. The highest BCUT2D eigenvalue weighted by Crippen LogP contribution is 2.44. The molecule has 7 saturated heterocycles. The van der Waals surface area contributed by atoms with Crippen molar-refractivity contribution in [1.29, 1.82) is 0 Å². The van der Waals surface area contributed by atoms with E-state index in [4.69, 9.17) is 21.1 Å². The Kier molecular flexibility index (Phi) is 12.4. The first kappa shape index (κ1) is 48.1. The number of benzene rings is 3. The summed E-state index contributed by atoms with van der Waals surface area (Å²) in [6.07, 6.45) is 16.5. The monoisotopic (exact) mass is 1020 g/mol. The van der Waals surface area contributed by atoms with Crippen LogP contribution in [0.15, 0.2) is 48.7 Å². The summed E-state index contributed by atoms with van der Waals surface area (Å²) in [5.41, 5.74) is 2.64. The van der Waals surface area contributed by atoms with Crippen molar-refractivity contribution in [3.05, 3.63) is 77.0 Å². The third-order valence-electron chi connectivity index (χ3n) is 18.1. The number of imide groups is 1. The van der Waals surface area contributed by atoms with Gasteiger partial charge in [0, 0.05) is 125 Å². The van der Waals surface area contributed by atoms with Gasteiger partial charge >= 0.3 is 6.01 Å². The van der Waals surface area contributed by atoms with E-state index in [1.807, 2.05) is 12.1 Å². The number of nitrogens with zero attached hydrogens (tertiary/aromatic N) is 9. The first-order valence-electron chi connectivity index (χ1n) is 27.1. The van der Waals surface area contributed by atoms with Gasteiger partial charge in [-0.05, 0) is 118 Å². The Morgan fingerprint density at radius 3 is 2.40 bits per heavy atom. The van der Waals surface area contributed by atoms with E-state index in [0.29, 0.717) is 78.9 Å². The van der Waals surface area contributed by atoms with Crippen LogP contribution in [0.1, 0.15) is 85.7 Å². The van der Waals surface area contributed by atoms with E-state index < -0.39 is 17.7 Å². The van der Waals surface area contributed by atoms with Crippen molar-refractivity contribution in [2.45, 2.75) is 100 Å². The number of halogens is 2. The highest BCUT2D eigenvalue weighted by Gasteiger charge is 2.50. The number of hydrogen-bond acceptors (Lipinski definition) is 14. The maximum absolute atomic E-state index is 17.3. The van der Waals surface area contributed by atoms with Crippen LogP contribution < -0.4 is 25.2 Å². The number of terminal acetylenes is 1. The largest absolute Gasteiger partial charge is 0.508 e. The molecule has 0 spiro atoms. The van der Waals surface area contributed by atoms with Crippen LogP contribution in [0.4, 0.5) is 20.3 Å². The Balaban J connectivity index is 0.646. The number of anilines is 2. The Morgan fingerprint density at radius 2 is 1.63 bits per heavy atom. The van der Waals surface area contributed by atoms with Crippen molar-refractivity contribution in [2.75, 3.05) is 88.4 Å². The number of phenols is 1. The number of phenolic OH excluding ortho intramolecular Hbond substituents is 1. The van der Waals surface area contributed by atoms with Crippen LogP contribution in [-0.4, -0.2) is 166 Å². The molecule has 18 heteroatoms. The van der Waals surface area contributed by atoms with Gasteiger partial charge in [0.1, 0.15) is 41.2 Å². The first-order chi connectivity index (χ1) is 36.5. The molecule has 8 aliphatic heterocycles. The van der Waals surface area contributed by atoms with Gasteiger partial charge in [-0.15, -0.1) is 6.42 Å². The predicted octanol–water partition coefficient (Wildman–Crippen LogP) is 5.42. The number of aromatic nitrogens is 3. The van der Waals surface area contributed by atoms with E-state index in [-0.39, 0.29) is 69.2 Å². The van der Waals surface area contributed by atoms with Crippen molar-refractivity contribution in [3.8, 4) is 35.4 Å². The summed E-state index contributed by atoms with van der Waals surface area (Å²) in [6, 6.07) is 12.2. The Morgan fingerprint density at radius 1 is 0.840 bits per heavy atom. The van der Waals surface area contributed by atoms with E-state index in [0.717, 1.165) is 122 Å². The van der Waals surface area contributed by atoms with Crippen molar-refractivity contribution in [2.24, 2.45) is 5.92 Å². The highest BCUT2D eigenvalue weighted by molar-refractivity contribution is 6.06. The fraction of sp³-hybridized carbons (Fsp3) is 0.509. The van der Waals surface area contributed by atoms with Gasteiger partial charge in [0.25, 0.3) is 5.91 Å². The van der Waals surface area contributed by atoms with Gasteiger partial charge in [0.15, 0.2) is 5.82 Å². The van der Waals surface area contributed by atoms with Crippen LogP contribution in [-0.2, 0) is 16.1 Å². The van der Waals surface area contributed by atoms with Gasteiger partial charge in [0.2, 0.25) is 11.8 Å². The molecule has 3 amide bonds. The second-order valence-corrected chi connectivity index (χ2v) is 22.5. The Bertz CT molecular complexity index is 3160. The number of carbonyl (C=O) groups is 3. The van der Waals surface area contributed by atoms with Crippen LogP contribution in [0.25, 0.3) is 32.9 Å². The third-order valence-corrected chi connectivity index (χ3v) is 18.1. The predicted molar refractivity (Wildman–Crippen MR) is 279 cm³/mol. The van der Waals surface area contributed by atoms with Crippen molar-refractivity contribution >= 4 is 50.9 Å². The Hall–Kier alpha value is -6.52. The minimum absolute atomic E-state index is 0.0338. The third kappa shape index (κ3) is 8.78. The molecule has 5 aromatic rings. The quantitative estimate of drug-likeness (QED) is 0.114. The van der Waals surface area contributed by atoms with Gasteiger partial charge in [-0.1, -0.05) is 12.0 Å². The molecule has 5 atom stereocenters. The van der Waals surface area contributed by atoms with Crippen molar-refractivity contribution < 1.29 is 33.0 Å². The molecule has 3 N–H and O–H groups in total. The summed E-state index contributed by atoms with van der Waals surface area (Å²) < 4.78 is 39.1. The average molecular weight is 1020 g/mol. The van der Waals surface area contributed by atoms with Crippen LogP contribution in [0.3, 0.4) is 0 Å². The molecule has 10 heterocycles. The molecule has 16 nitrogen and oxygen atoms in total. The number of ether oxygens (including phenoxy) is 1. The standard InChI is InChI=1S/C57H63F2N11O5/c1-2-42-46(58)9-4-35-25-41(71)26-44(49(35)42)51-50(59)52-45(27-60-51)53(68-30-37-5-6-38(31-68)61-37)64-56(63-52)75-33-57-15-3-17-70(57)40(12-16-57)32-66-22-20-65(21-23-66)28-34-13-18-67(19-14-34)39-7-8-43-36(24-39)29-69(55(43)74)47-10-11-48(72)62-54(47)73/h1,4,7-9,24-27,34,37-38,40,47,61,71H,3,5-6,10-23,28-33H2,(H,62,72,73)/t37?,38?,40-,47?,57+/m0/s1. The summed E-state index contributed by atoms with van der Waals surface area (Å²) in [5, 5.41) is 18.0. The lowest BCUT2D eigenvalue weighted by atomic mass is 9.95. The zero-order valence-corrected chi connectivity index (χ0v) is 42.2. The smallest absolute Gasteiger partial charge is 0.319 e. The molecule has 3 unspecified atom stereocenters. The van der Waals surface area contributed by atoms with Gasteiger partial charge in [-0.2, -0.15) is 9.97 Å². The minimum atomic E-state index is -0.722. The fourth-order valence-electron chi connectivity index (χ4n) is 14.2. The summed E-state index contributed by atoms with van der Waals surface area (Å²) in [6.45, 7) is 11.4. The number of aromatic hydroxyl groups is 1. The van der Waals surface area contributed by atoms with Gasteiger partial charge in [0.05, 0.1) is 16.5 Å². The number of amides is 3. The molecule has 0 saturated carbocycles. The van der Waals surface area contributed by atoms with Crippen LogP contribution in [0.5, 0.6) is 11.8 Å². The maximum atomic E-state index is 17.3. The highest BCUT2D eigenvalue weighted by atomic mass is 19.1. The van der Waals surface area contributed by atoms with E-state index in [9.17, 15) is 19.5 Å². The zero-order valence-electron chi connectivity index (χ0n) is 42.2. The number of carbonyl (C=O) groups excluding carboxylic acids is 3. The van der Waals surface area contributed by atoms with E-state index in [1.165, 1.54) is 24.3 Å². The summed E-state index contributed by atoms with van der Waals surface area (Å²) in [4.78, 5) is 66.2. The number of rotatable bonds is 11.